The summed E-state index contributed by atoms with van der Waals surface area (Å²) in [6.07, 6.45) is 5.15. The molecule has 0 unspecified atom stereocenters. The first kappa shape index (κ1) is 23.0. The lowest BCUT2D eigenvalue weighted by Crippen LogP contribution is -2.28. The summed E-state index contributed by atoms with van der Waals surface area (Å²) in [7, 11) is 0. The molecule has 8 heteroatoms. The lowest BCUT2D eigenvalue weighted by atomic mass is 10.2. The van der Waals surface area contributed by atoms with Gasteiger partial charge in [0.05, 0.1) is 6.61 Å². The number of carbonyl (C=O) groups excluding carboxylic acids is 1. The number of pyridine rings is 1. The van der Waals surface area contributed by atoms with Crippen LogP contribution in [0.1, 0.15) is 42.1 Å². The van der Waals surface area contributed by atoms with Gasteiger partial charge in [-0.15, -0.1) is 10.2 Å². The molecule has 0 saturated carbocycles. The Hall–Kier alpha value is -3.68. The van der Waals surface area contributed by atoms with Crippen molar-refractivity contribution in [1.82, 2.24) is 20.5 Å². The van der Waals surface area contributed by atoms with Crippen molar-refractivity contribution in [3.05, 3.63) is 65.9 Å². The molecule has 2 heterocycles. The first-order chi connectivity index (χ1) is 15.6. The standard InChI is InChI=1S/C24H30N6O2/c1-3-4-5-16-32-20-9-7-19(8-10-20)24(31)26-15-14-25-22-12-13-23(30-29-22)28-21-11-6-18(2)17-27-21/h6-13,17H,3-5,14-16H2,1-2H3,(H,25,29)(H,26,31)(H,27,28,30). The van der Waals surface area contributed by atoms with E-state index >= 15 is 0 Å². The zero-order valence-corrected chi connectivity index (χ0v) is 18.6. The molecule has 3 N–H and O–H groups in total. The van der Waals surface area contributed by atoms with Gasteiger partial charge in [0.1, 0.15) is 17.4 Å². The molecule has 0 aliphatic rings. The molecule has 168 valence electrons. The number of hydrogen-bond donors (Lipinski definition) is 3. The third-order valence-corrected chi connectivity index (χ3v) is 4.68. The normalized spacial score (nSPS) is 10.4. The van der Waals surface area contributed by atoms with Gasteiger partial charge in [0.15, 0.2) is 5.82 Å². The number of aryl methyl sites for hydroxylation is 1. The van der Waals surface area contributed by atoms with Crippen LogP contribution in [-0.2, 0) is 0 Å². The third kappa shape index (κ3) is 7.54. The van der Waals surface area contributed by atoms with Gasteiger partial charge in [-0.3, -0.25) is 4.79 Å². The Balaban J connectivity index is 1.36. The minimum absolute atomic E-state index is 0.124. The number of nitrogens with one attached hydrogen (secondary N) is 3. The van der Waals surface area contributed by atoms with Gasteiger partial charge >= 0.3 is 0 Å². The quantitative estimate of drug-likeness (QED) is 0.365. The number of nitrogens with zero attached hydrogens (tertiary/aromatic N) is 3. The zero-order valence-electron chi connectivity index (χ0n) is 18.6. The number of rotatable bonds is 12. The zero-order chi connectivity index (χ0) is 22.6. The Morgan fingerprint density at radius 3 is 2.34 bits per heavy atom. The highest BCUT2D eigenvalue weighted by molar-refractivity contribution is 5.94. The van der Waals surface area contributed by atoms with Gasteiger partial charge in [-0.2, -0.15) is 0 Å². The van der Waals surface area contributed by atoms with Gasteiger partial charge in [0.25, 0.3) is 5.91 Å². The molecule has 3 rings (SSSR count). The monoisotopic (exact) mass is 434 g/mol. The summed E-state index contributed by atoms with van der Waals surface area (Å²) in [5.74, 6) is 2.61. The molecular formula is C24H30N6O2. The van der Waals surface area contributed by atoms with Crippen molar-refractivity contribution >= 4 is 23.4 Å². The third-order valence-electron chi connectivity index (χ3n) is 4.68. The van der Waals surface area contributed by atoms with Crippen LogP contribution in [0, 0.1) is 6.92 Å². The molecule has 0 saturated heterocycles. The van der Waals surface area contributed by atoms with Crippen LogP contribution in [0.15, 0.2) is 54.7 Å². The van der Waals surface area contributed by atoms with Crippen molar-refractivity contribution in [3.63, 3.8) is 0 Å². The summed E-state index contributed by atoms with van der Waals surface area (Å²) in [5.41, 5.74) is 1.70. The van der Waals surface area contributed by atoms with Crippen molar-refractivity contribution in [2.75, 3.05) is 30.3 Å². The number of amides is 1. The maximum absolute atomic E-state index is 12.3. The van der Waals surface area contributed by atoms with Crippen molar-refractivity contribution in [3.8, 4) is 5.75 Å². The maximum Gasteiger partial charge on any atom is 0.251 e. The Kier molecular flexibility index (Phi) is 8.80. The van der Waals surface area contributed by atoms with Crippen molar-refractivity contribution in [2.45, 2.75) is 33.1 Å². The van der Waals surface area contributed by atoms with Crippen LogP contribution in [0.25, 0.3) is 0 Å². The number of aromatic nitrogens is 3. The second-order valence-corrected chi connectivity index (χ2v) is 7.41. The van der Waals surface area contributed by atoms with Gasteiger partial charge in [0.2, 0.25) is 0 Å². The van der Waals surface area contributed by atoms with Crippen LogP contribution in [0.3, 0.4) is 0 Å². The number of carbonyl (C=O) groups is 1. The summed E-state index contributed by atoms with van der Waals surface area (Å²) in [6.45, 7) is 5.85. The first-order valence-corrected chi connectivity index (χ1v) is 10.9. The molecule has 8 nitrogen and oxygen atoms in total. The smallest absolute Gasteiger partial charge is 0.251 e. The minimum Gasteiger partial charge on any atom is -0.494 e. The maximum atomic E-state index is 12.3. The van der Waals surface area contributed by atoms with Crippen molar-refractivity contribution < 1.29 is 9.53 Å². The second-order valence-electron chi connectivity index (χ2n) is 7.41. The topological polar surface area (TPSA) is 101 Å². The van der Waals surface area contributed by atoms with Gasteiger partial charge < -0.3 is 20.7 Å². The Morgan fingerprint density at radius 2 is 1.66 bits per heavy atom. The summed E-state index contributed by atoms with van der Waals surface area (Å²) >= 11 is 0. The molecule has 0 radical (unpaired) electrons. The van der Waals surface area contributed by atoms with E-state index in [1.807, 2.05) is 43.3 Å². The lowest BCUT2D eigenvalue weighted by Gasteiger charge is -2.09. The first-order valence-electron chi connectivity index (χ1n) is 10.9. The molecule has 3 aromatic rings. The van der Waals surface area contributed by atoms with Crippen LogP contribution in [0.2, 0.25) is 0 Å². The van der Waals surface area contributed by atoms with E-state index in [9.17, 15) is 4.79 Å². The van der Waals surface area contributed by atoms with Gasteiger partial charge in [-0.1, -0.05) is 25.8 Å². The summed E-state index contributed by atoms with van der Waals surface area (Å²) in [4.78, 5) is 16.6. The average molecular weight is 435 g/mol. The van der Waals surface area contributed by atoms with E-state index in [2.05, 4.69) is 38.1 Å². The Bertz CT molecular complexity index is 959. The average Bonchev–Trinajstić information content (AvgIpc) is 2.82. The SMILES string of the molecule is CCCCCOc1ccc(C(=O)NCCNc2ccc(Nc3ccc(C)cn3)nn2)cc1. The molecule has 0 aliphatic heterocycles. The molecule has 2 aromatic heterocycles. The highest BCUT2D eigenvalue weighted by atomic mass is 16.5. The minimum atomic E-state index is -0.124. The molecule has 0 atom stereocenters. The van der Waals surface area contributed by atoms with E-state index in [1.165, 1.54) is 0 Å². The van der Waals surface area contributed by atoms with Gasteiger partial charge in [-0.05, 0) is 61.4 Å². The van der Waals surface area contributed by atoms with E-state index in [4.69, 9.17) is 4.74 Å². The molecule has 1 amide bonds. The van der Waals surface area contributed by atoms with Crippen molar-refractivity contribution in [1.29, 1.82) is 0 Å². The van der Waals surface area contributed by atoms with Crippen LogP contribution in [0.5, 0.6) is 5.75 Å². The van der Waals surface area contributed by atoms with Crippen LogP contribution >= 0.6 is 0 Å². The summed E-state index contributed by atoms with van der Waals surface area (Å²) in [5, 5.41) is 17.4. The fraction of sp³-hybridized carbons (Fsp3) is 0.333. The van der Waals surface area contributed by atoms with E-state index < -0.39 is 0 Å². The molecule has 0 fully saturated rings. The van der Waals surface area contributed by atoms with Gasteiger partial charge in [-0.25, -0.2) is 4.98 Å². The lowest BCUT2D eigenvalue weighted by molar-refractivity contribution is 0.0955. The predicted octanol–water partition coefficient (Wildman–Crippen LogP) is 4.33. The number of hydrogen-bond acceptors (Lipinski definition) is 7. The second kappa shape index (κ2) is 12.2. The number of anilines is 3. The van der Waals surface area contributed by atoms with E-state index in [0.717, 1.165) is 30.6 Å². The van der Waals surface area contributed by atoms with E-state index in [1.54, 1.807) is 18.3 Å². The summed E-state index contributed by atoms with van der Waals surface area (Å²) < 4.78 is 5.67. The molecule has 0 aliphatic carbocycles. The van der Waals surface area contributed by atoms with Crippen LogP contribution < -0.4 is 20.7 Å². The fourth-order valence-electron chi connectivity index (χ4n) is 2.88. The number of ether oxygens (including phenoxy) is 1. The molecular weight excluding hydrogens is 404 g/mol. The van der Waals surface area contributed by atoms with Gasteiger partial charge in [0, 0.05) is 24.8 Å². The molecule has 1 aromatic carbocycles. The predicted molar refractivity (Wildman–Crippen MR) is 127 cm³/mol. The molecule has 32 heavy (non-hydrogen) atoms. The number of unbranched alkanes of at least 4 members (excludes halogenated alkanes) is 2. The molecule has 0 spiro atoms. The highest BCUT2D eigenvalue weighted by Gasteiger charge is 2.05. The highest BCUT2D eigenvalue weighted by Crippen LogP contribution is 2.14. The van der Waals surface area contributed by atoms with E-state index in [0.29, 0.717) is 42.7 Å². The number of benzene rings is 1. The van der Waals surface area contributed by atoms with Crippen LogP contribution in [0.4, 0.5) is 17.5 Å². The molecule has 0 bridgehead atoms. The van der Waals surface area contributed by atoms with Crippen LogP contribution in [-0.4, -0.2) is 40.8 Å². The van der Waals surface area contributed by atoms with E-state index in [-0.39, 0.29) is 5.91 Å². The van der Waals surface area contributed by atoms with Crippen molar-refractivity contribution in [2.24, 2.45) is 0 Å². The Labute approximate surface area is 188 Å². The largest absolute Gasteiger partial charge is 0.494 e. The fourth-order valence-corrected chi connectivity index (χ4v) is 2.88. The Morgan fingerprint density at radius 1 is 0.906 bits per heavy atom. The summed E-state index contributed by atoms with van der Waals surface area (Å²) in [6, 6.07) is 14.7.